The van der Waals surface area contributed by atoms with Gasteiger partial charge in [-0.1, -0.05) is 23.8 Å². The van der Waals surface area contributed by atoms with Crippen LogP contribution in [0, 0.1) is 11.8 Å². The van der Waals surface area contributed by atoms with E-state index in [0.29, 0.717) is 35.3 Å². The normalized spacial score (nSPS) is 20.6. The minimum atomic E-state index is -0.338. The van der Waals surface area contributed by atoms with Crippen molar-refractivity contribution >= 4 is 34.9 Å². The van der Waals surface area contributed by atoms with Gasteiger partial charge in [-0.2, -0.15) is 0 Å². The molecule has 152 valence electrons. The van der Waals surface area contributed by atoms with Crippen LogP contribution in [-0.2, 0) is 9.59 Å². The fourth-order valence-corrected chi connectivity index (χ4v) is 4.07. The van der Waals surface area contributed by atoms with Crippen LogP contribution in [0.15, 0.2) is 60.2 Å². The quantitative estimate of drug-likeness (QED) is 0.476. The first kappa shape index (κ1) is 19.8. The Morgan fingerprint density at radius 2 is 1.67 bits per heavy atom. The second-order valence-corrected chi connectivity index (χ2v) is 7.85. The summed E-state index contributed by atoms with van der Waals surface area (Å²) in [5, 5.41) is 2.76. The Hall–Kier alpha value is -3.54. The first-order chi connectivity index (χ1) is 14.3. The predicted molar refractivity (Wildman–Crippen MR) is 113 cm³/mol. The lowest BCUT2D eigenvalue weighted by molar-refractivity contribution is -0.122. The molecule has 1 fully saturated rings. The summed E-state index contributed by atoms with van der Waals surface area (Å²) in [7, 11) is 0. The monoisotopic (exact) mass is 402 g/mol. The van der Waals surface area contributed by atoms with Gasteiger partial charge in [0.15, 0.2) is 5.78 Å². The Labute approximate surface area is 174 Å². The lowest BCUT2D eigenvalue weighted by Crippen LogP contribution is -2.30. The van der Waals surface area contributed by atoms with Gasteiger partial charge < -0.3 is 5.32 Å². The zero-order chi connectivity index (χ0) is 21.4. The molecule has 1 aliphatic carbocycles. The molecule has 1 heterocycles. The fraction of sp³-hybridized carbons (Fsp3) is 0.250. The standard InChI is InChI=1S/C24H22N2O4/c1-14-6-11-20-21(12-14)24(30)26(23(20)29)19-9-7-16(8-10-19)22(28)25-18-5-3-4-17(13-18)15(2)27/h3-10,13,20-21H,11-12H2,1-2H3,(H,25,28)/t20-,21-/m1/s1. The Balaban J connectivity index is 1.50. The number of benzene rings is 2. The van der Waals surface area contributed by atoms with Crippen molar-refractivity contribution in [1.29, 1.82) is 0 Å². The van der Waals surface area contributed by atoms with Gasteiger partial charge in [-0.25, -0.2) is 0 Å². The summed E-state index contributed by atoms with van der Waals surface area (Å²) in [5.41, 5.74) is 3.04. The lowest BCUT2D eigenvalue weighted by Gasteiger charge is -2.18. The maximum Gasteiger partial charge on any atom is 0.255 e. The van der Waals surface area contributed by atoms with E-state index in [1.807, 2.05) is 13.0 Å². The molecule has 2 aliphatic rings. The molecule has 30 heavy (non-hydrogen) atoms. The molecule has 3 amide bonds. The van der Waals surface area contributed by atoms with Crippen LogP contribution in [0.2, 0.25) is 0 Å². The fourth-order valence-electron chi connectivity index (χ4n) is 4.07. The highest BCUT2D eigenvalue weighted by atomic mass is 16.2. The number of Topliss-reactive ketones (excluding diaryl/α,β-unsaturated/α-hetero) is 1. The topological polar surface area (TPSA) is 83.6 Å². The lowest BCUT2D eigenvalue weighted by atomic mass is 9.82. The van der Waals surface area contributed by atoms with E-state index >= 15 is 0 Å². The molecule has 0 bridgehead atoms. The Morgan fingerprint density at radius 1 is 0.967 bits per heavy atom. The molecular formula is C24H22N2O4. The first-order valence-electron chi connectivity index (χ1n) is 9.91. The molecular weight excluding hydrogens is 380 g/mol. The maximum absolute atomic E-state index is 12.8. The number of allylic oxidation sites excluding steroid dienone is 2. The highest BCUT2D eigenvalue weighted by Crippen LogP contribution is 2.39. The van der Waals surface area contributed by atoms with Crippen LogP contribution in [0.25, 0.3) is 0 Å². The number of nitrogens with zero attached hydrogens (tertiary/aromatic N) is 1. The van der Waals surface area contributed by atoms with Crippen LogP contribution in [0.1, 0.15) is 47.4 Å². The summed E-state index contributed by atoms with van der Waals surface area (Å²) >= 11 is 0. The number of hydrogen-bond donors (Lipinski definition) is 1. The van der Waals surface area contributed by atoms with Crippen molar-refractivity contribution in [3.8, 4) is 0 Å². The van der Waals surface area contributed by atoms with E-state index in [9.17, 15) is 19.2 Å². The molecule has 2 aromatic rings. The summed E-state index contributed by atoms with van der Waals surface area (Å²) in [6.07, 6.45) is 3.24. The molecule has 1 N–H and O–H groups in total. The van der Waals surface area contributed by atoms with Crippen molar-refractivity contribution in [2.75, 3.05) is 10.2 Å². The zero-order valence-electron chi connectivity index (χ0n) is 16.8. The van der Waals surface area contributed by atoms with E-state index < -0.39 is 0 Å². The second kappa shape index (κ2) is 7.71. The van der Waals surface area contributed by atoms with Gasteiger partial charge in [0.2, 0.25) is 11.8 Å². The Morgan fingerprint density at radius 3 is 2.37 bits per heavy atom. The predicted octanol–water partition coefficient (Wildman–Crippen LogP) is 3.99. The zero-order valence-corrected chi connectivity index (χ0v) is 16.8. The summed E-state index contributed by atoms with van der Waals surface area (Å²) in [6.45, 7) is 3.45. The van der Waals surface area contributed by atoms with E-state index in [1.54, 1.807) is 48.5 Å². The van der Waals surface area contributed by atoms with Crippen LogP contribution in [0.4, 0.5) is 11.4 Å². The molecule has 0 saturated carbocycles. The highest BCUT2D eigenvalue weighted by molar-refractivity contribution is 6.22. The third-order valence-corrected chi connectivity index (χ3v) is 5.74. The number of fused-ring (bicyclic) bond motifs is 1. The van der Waals surface area contributed by atoms with Crippen LogP contribution >= 0.6 is 0 Å². The summed E-state index contributed by atoms with van der Waals surface area (Å²) in [6, 6.07) is 13.1. The molecule has 6 nitrogen and oxygen atoms in total. The molecule has 1 saturated heterocycles. The van der Waals surface area contributed by atoms with E-state index in [2.05, 4.69) is 5.32 Å². The average molecular weight is 402 g/mol. The van der Waals surface area contributed by atoms with Gasteiger partial charge in [0.25, 0.3) is 5.91 Å². The number of rotatable bonds is 4. The van der Waals surface area contributed by atoms with Crippen molar-refractivity contribution in [3.05, 3.63) is 71.3 Å². The van der Waals surface area contributed by atoms with Gasteiger partial charge in [0.1, 0.15) is 0 Å². The number of hydrogen-bond acceptors (Lipinski definition) is 4. The van der Waals surface area contributed by atoms with E-state index in [1.165, 1.54) is 11.8 Å². The molecule has 0 spiro atoms. The van der Waals surface area contributed by atoms with Gasteiger partial charge in [-0.15, -0.1) is 0 Å². The van der Waals surface area contributed by atoms with Gasteiger partial charge in [-0.05, 0) is 63.1 Å². The summed E-state index contributed by atoms with van der Waals surface area (Å²) < 4.78 is 0. The van der Waals surface area contributed by atoms with Gasteiger partial charge in [0, 0.05) is 16.8 Å². The van der Waals surface area contributed by atoms with Crippen molar-refractivity contribution in [2.24, 2.45) is 11.8 Å². The number of ketones is 1. The molecule has 6 heteroatoms. The Bertz CT molecular complexity index is 1080. The minimum Gasteiger partial charge on any atom is -0.322 e. The largest absolute Gasteiger partial charge is 0.322 e. The molecule has 2 aromatic carbocycles. The van der Waals surface area contributed by atoms with E-state index in [4.69, 9.17) is 0 Å². The average Bonchev–Trinajstić information content (AvgIpc) is 2.98. The Kier molecular flexibility index (Phi) is 5.08. The van der Waals surface area contributed by atoms with Gasteiger partial charge >= 0.3 is 0 Å². The number of amides is 3. The number of carbonyl (C=O) groups excluding carboxylic acids is 4. The SMILES string of the molecule is CC(=O)c1cccc(NC(=O)c2ccc(N3C(=O)[C@@H]4CC=C(C)C[C@H]4C3=O)cc2)c1. The third-order valence-electron chi connectivity index (χ3n) is 5.74. The van der Waals surface area contributed by atoms with Crippen LogP contribution in [-0.4, -0.2) is 23.5 Å². The van der Waals surface area contributed by atoms with Crippen molar-refractivity contribution < 1.29 is 19.2 Å². The van der Waals surface area contributed by atoms with Crippen molar-refractivity contribution in [3.63, 3.8) is 0 Å². The van der Waals surface area contributed by atoms with Crippen LogP contribution in [0.3, 0.4) is 0 Å². The number of carbonyl (C=O) groups is 4. The third kappa shape index (κ3) is 3.56. The first-order valence-corrected chi connectivity index (χ1v) is 9.91. The minimum absolute atomic E-state index is 0.0821. The van der Waals surface area contributed by atoms with Gasteiger partial charge in [-0.3, -0.25) is 24.1 Å². The van der Waals surface area contributed by atoms with Gasteiger partial charge in [0.05, 0.1) is 17.5 Å². The number of anilines is 2. The molecule has 0 aromatic heterocycles. The number of imide groups is 1. The molecule has 0 radical (unpaired) electrons. The molecule has 0 unspecified atom stereocenters. The van der Waals surface area contributed by atoms with Crippen molar-refractivity contribution in [2.45, 2.75) is 26.7 Å². The van der Waals surface area contributed by atoms with E-state index in [-0.39, 0.29) is 35.3 Å². The maximum atomic E-state index is 12.8. The van der Waals surface area contributed by atoms with E-state index in [0.717, 1.165) is 5.57 Å². The second-order valence-electron chi connectivity index (χ2n) is 7.85. The molecule has 1 aliphatic heterocycles. The van der Waals surface area contributed by atoms with Crippen LogP contribution in [0.5, 0.6) is 0 Å². The van der Waals surface area contributed by atoms with Crippen molar-refractivity contribution in [1.82, 2.24) is 0 Å². The highest BCUT2D eigenvalue weighted by Gasteiger charge is 2.48. The molecule has 2 atom stereocenters. The summed E-state index contributed by atoms with van der Waals surface area (Å²) in [5.74, 6) is -1.35. The number of nitrogens with one attached hydrogen (secondary N) is 1. The smallest absolute Gasteiger partial charge is 0.255 e. The summed E-state index contributed by atoms with van der Waals surface area (Å²) in [4.78, 5) is 50.9. The van der Waals surface area contributed by atoms with Crippen LogP contribution < -0.4 is 10.2 Å². The molecule has 4 rings (SSSR count).